The monoisotopic (exact) mass is 1480 g/mol. The van der Waals surface area contributed by atoms with Crippen LogP contribution < -0.4 is 36.2 Å². The Balaban J connectivity index is -0.000000642. The molecule has 6 aromatic carbocycles. The van der Waals surface area contributed by atoms with Crippen molar-refractivity contribution in [1.82, 2.24) is 20.4 Å². The first-order chi connectivity index (χ1) is 50.6. The van der Waals surface area contributed by atoms with Gasteiger partial charge in [0.05, 0.1) is 21.9 Å². The molecule has 26 nitrogen and oxygen atoms in total. The second-order valence-electron chi connectivity index (χ2n) is 22.2. The van der Waals surface area contributed by atoms with Crippen molar-refractivity contribution in [2.24, 2.45) is 0 Å². The molecular weight excluding hydrogens is 1360 g/mol. The molecule has 0 fully saturated rings. The number of nitrogens with one attached hydrogen (secondary N) is 5. The molecule has 6 aromatic rings. The number of hydrogen-bond acceptors (Lipinski definition) is 19. The van der Waals surface area contributed by atoms with Crippen LogP contribution in [0.3, 0.4) is 0 Å². The number of nitrogens with zero attached hydrogens (tertiary/aromatic N) is 5. The van der Waals surface area contributed by atoms with Crippen molar-refractivity contribution in [1.29, 1.82) is 0 Å². The number of urea groups is 2. The summed E-state index contributed by atoms with van der Waals surface area (Å²) in [6.45, 7) is 35.4. The fourth-order valence-corrected chi connectivity index (χ4v) is 8.30. The molecule has 0 aliphatic rings. The van der Waals surface area contributed by atoms with Crippen LogP contribution in [-0.2, 0) is 41.9 Å². The highest BCUT2D eigenvalue weighted by molar-refractivity contribution is 5.95. The maximum atomic E-state index is 12.2. The van der Waals surface area contributed by atoms with Crippen molar-refractivity contribution in [3.05, 3.63) is 189 Å². The highest BCUT2D eigenvalue weighted by Gasteiger charge is 2.20. The van der Waals surface area contributed by atoms with Gasteiger partial charge >= 0.3 is 24.3 Å². The van der Waals surface area contributed by atoms with Gasteiger partial charge in [0.25, 0.3) is 11.4 Å². The van der Waals surface area contributed by atoms with Gasteiger partial charge in [-0.05, 0) is 190 Å². The van der Waals surface area contributed by atoms with E-state index in [1.54, 1.807) is 55.6 Å². The molecule has 0 aromatic heterocycles. The fourth-order valence-electron chi connectivity index (χ4n) is 8.30. The number of amides is 5. The minimum atomic E-state index is -0.980. The first-order valence-corrected chi connectivity index (χ1v) is 36.1. The highest BCUT2D eigenvalue weighted by Crippen LogP contribution is 2.20. The first-order valence-electron chi connectivity index (χ1n) is 36.1. The number of para-hydroxylation sites is 2. The van der Waals surface area contributed by atoms with Crippen LogP contribution in [0.4, 0.5) is 53.3 Å². The minimum Gasteiger partial charge on any atom is -0.508 e. The number of phenolic OH excluding ortho intramolecular Hbond substituents is 1. The Morgan fingerprint density at radius 3 is 1.11 bits per heavy atom. The van der Waals surface area contributed by atoms with Gasteiger partial charge in [0.1, 0.15) is 36.3 Å². The summed E-state index contributed by atoms with van der Waals surface area (Å²) in [5.41, 5.74) is 4.07. The van der Waals surface area contributed by atoms with Crippen molar-refractivity contribution in [2.45, 2.75) is 187 Å². The van der Waals surface area contributed by atoms with Gasteiger partial charge in [-0.2, -0.15) is 0 Å². The number of nitro groups is 2. The number of non-ortho nitro benzene ring substituents is 2. The van der Waals surface area contributed by atoms with Gasteiger partial charge in [-0.25, -0.2) is 19.2 Å². The maximum absolute atomic E-state index is 12.2. The summed E-state index contributed by atoms with van der Waals surface area (Å²) in [7, 11) is 7.89. The third-order valence-electron chi connectivity index (χ3n) is 13.5. The lowest BCUT2D eigenvalue weighted by Crippen LogP contribution is -2.42. The third-order valence-corrected chi connectivity index (χ3v) is 13.5. The Morgan fingerprint density at radius 1 is 0.462 bits per heavy atom. The average molecular weight is 1480 g/mol. The van der Waals surface area contributed by atoms with Crippen molar-refractivity contribution in [3.8, 4) is 11.5 Å². The zero-order chi connectivity index (χ0) is 81.4. The Bertz CT molecular complexity index is 3300. The van der Waals surface area contributed by atoms with Gasteiger partial charge in [0.2, 0.25) is 0 Å². The molecule has 588 valence electrons. The number of hydrogen-bond donors (Lipinski definition) is 6. The van der Waals surface area contributed by atoms with E-state index in [4.69, 9.17) is 19.3 Å². The number of ketones is 4. The largest absolute Gasteiger partial charge is 0.514 e. The predicted octanol–water partition coefficient (Wildman–Crippen LogP) is 18.3. The van der Waals surface area contributed by atoms with Crippen molar-refractivity contribution < 1.29 is 67.5 Å². The van der Waals surface area contributed by atoms with Gasteiger partial charge in [-0.3, -0.25) is 34.7 Å². The molecule has 106 heavy (non-hydrogen) atoms. The van der Waals surface area contributed by atoms with Crippen LogP contribution in [0, 0.1) is 20.2 Å². The second-order valence-corrected chi connectivity index (χ2v) is 22.2. The predicted molar refractivity (Wildman–Crippen MR) is 427 cm³/mol. The topological polar surface area (TPSA) is 341 Å². The summed E-state index contributed by atoms with van der Waals surface area (Å²) in [4.78, 5) is 119. The second kappa shape index (κ2) is 65.2. The van der Waals surface area contributed by atoms with E-state index in [1.807, 2.05) is 123 Å². The fraction of sp³-hybridized carbons (Fsp3) is 0.450. The number of ether oxygens (including phenoxy) is 3. The van der Waals surface area contributed by atoms with Gasteiger partial charge in [0, 0.05) is 74.0 Å². The van der Waals surface area contributed by atoms with Gasteiger partial charge < -0.3 is 65.3 Å². The molecule has 2 atom stereocenters. The molecule has 6 rings (SSSR count). The van der Waals surface area contributed by atoms with Crippen LogP contribution in [0.2, 0.25) is 0 Å². The number of carbonyl (C=O) groups excluding carboxylic acids is 8. The molecule has 0 heterocycles. The summed E-state index contributed by atoms with van der Waals surface area (Å²) in [5.74, 6) is -0.444. The summed E-state index contributed by atoms with van der Waals surface area (Å²) in [5, 5.41) is 42.7. The summed E-state index contributed by atoms with van der Waals surface area (Å²) >= 11 is 0. The summed E-state index contributed by atoms with van der Waals surface area (Å²) < 4.78 is 15.2. The molecule has 0 saturated heterocycles. The first kappa shape index (κ1) is 102. The zero-order valence-corrected chi connectivity index (χ0v) is 66.4. The average Bonchev–Trinajstić information content (AvgIpc) is 0.893. The Labute approximate surface area is 630 Å². The molecule has 6 N–H and O–H groups in total. The highest BCUT2D eigenvalue weighted by atomic mass is 16.7. The molecule has 5 amide bonds. The number of aromatic hydroxyl groups is 1. The van der Waals surface area contributed by atoms with E-state index in [1.165, 1.54) is 133 Å². The van der Waals surface area contributed by atoms with Crippen LogP contribution in [0.25, 0.3) is 0 Å². The summed E-state index contributed by atoms with van der Waals surface area (Å²) in [6, 6.07) is 39.8. The van der Waals surface area contributed by atoms with Crippen LogP contribution in [0.1, 0.15) is 173 Å². The lowest BCUT2D eigenvalue weighted by atomic mass is 10.1. The molecular formula is C80H122N10O16. The van der Waals surface area contributed by atoms with Crippen LogP contribution in [-0.4, -0.2) is 139 Å². The Morgan fingerprint density at radius 2 is 0.802 bits per heavy atom. The van der Waals surface area contributed by atoms with E-state index in [-0.39, 0.29) is 84.9 Å². The quantitative estimate of drug-likeness (QED) is 0.0110. The molecule has 2 unspecified atom stereocenters. The lowest BCUT2D eigenvalue weighted by molar-refractivity contribution is -0.385. The SMILES string of the molecule is CC.CC.CC.CC.CC(=O)CCC(NC(=O)Nc1ccc(COC(=O)N(C)c2ccccc2)cc1)C(C)=O.CC(=O)CCC(NC(=O)Nc1ccc(COC(=O)Oc2ccc([N+](=O)[O-])cc2)cc1)C(C)=O.CCCN(C)CCC.CCCN(C)CCC.CNc1ccccc1.O=[N+]([O-])c1ccc(O)cc1. The number of carbonyl (C=O) groups is 8. The van der Waals surface area contributed by atoms with Crippen LogP contribution in [0.5, 0.6) is 11.5 Å². The van der Waals surface area contributed by atoms with E-state index in [0.29, 0.717) is 16.9 Å². The van der Waals surface area contributed by atoms with E-state index in [0.717, 1.165) is 16.9 Å². The van der Waals surface area contributed by atoms with E-state index >= 15 is 0 Å². The Kier molecular flexibility index (Phi) is 62.6. The standard InChI is InChI=1S/C23H27N3O5.C22H23N3O8.C7H9N.2C7H17N.C6H5NO3.4C2H6/c1-16(27)9-14-21(17(2)28)25-22(29)24-19-12-10-18(11-13-19)15-31-23(30)26(3)20-7-5-4-6-8-20;1-14(26)3-12-20(15(2)27)24-21(28)23-17-6-4-16(5-7-17)13-32-22(29)33-19-10-8-18(9-11-19)25(30)31;1-8-7-5-3-2-4-6-7;2*1-4-6-8(3)7-5-2;8-6-3-1-5(2-4-6)7(9)10;4*1-2/h4-8,10-13,21H,9,14-15H2,1-3H3,(H2,24,25,29);4-11,20H,3,12-13H2,1-2H3,(H2,23,24,28);2-6,8H,1H3;2*4-7H2,1-3H3;1-4,8H;4*1-2H3. The smallest absolute Gasteiger partial charge is 0.508 e. The van der Waals surface area contributed by atoms with Crippen LogP contribution >= 0.6 is 0 Å². The van der Waals surface area contributed by atoms with Crippen molar-refractivity contribution in [2.75, 3.05) is 75.2 Å². The van der Waals surface area contributed by atoms with E-state index in [9.17, 15) is 58.6 Å². The van der Waals surface area contributed by atoms with E-state index in [2.05, 4.69) is 78.2 Å². The molecule has 26 heteroatoms. The number of nitro benzene ring substituents is 2. The van der Waals surface area contributed by atoms with Crippen molar-refractivity contribution in [3.63, 3.8) is 0 Å². The molecule has 0 radical (unpaired) electrons. The number of anilines is 4. The number of rotatable bonds is 29. The summed E-state index contributed by atoms with van der Waals surface area (Å²) in [6.07, 6.45) is 4.54. The van der Waals surface area contributed by atoms with Crippen molar-refractivity contribution >= 4 is 81.6 Å². The number of phenols is 1. The van der Waals surface area contributed by atoms with Gasteiger partial charge in [-0.15, -0.1) is 0 Å². The minimum absolute atomic E-state index is 0.0159. The number of Topliss-reactive ketones (excluding diaryl/α,β-unsaturated/α-hetero) is 4. The Hall–Kier alpha value is -10.6. The van der Waals surface area contributed by atoms with E-state index < -0.39 is 46.2 Å². The molecule has 0 aliphatic carbocycles. The zero-order valence-electron chi connectivity index (χ0n) is 66.4. The van der Waals surface area contributed by atoms with Crippen LogP contribution in [0.15, 0.2) is 158 Å². The molecule has 0 bridgehead atoms. The molecule has 0 aliphatic heterocycles. The van der Waals surface area contributed by atoms with Gasteiger partial charge in [0.15, 0.2) is 11.6 Å². The number of benzene rings is 6. The molecule has 0 spiro atoms. The lowest BCUT2D eigenvalue weighted by Gasteiger charge is -2.17. The van der Waals surface area contributed by atoms with Gasteiger partial charge in [-0.1, -0.05) is 144 Å². The normalized spacial score (nSPS) is 10.1. The third kappa shape index (κ3) is 52.4. The maximum Gasteiger partial charge on any atom is 0.514 e. The molecule has 0 saturated carbocycles.